The van der Waals surface area contributed by atoms with Gasteiger partial charge in [0.25, 0.3) is 11.8 Å². The number of benzene rings is 4. The summed E-state index contributed by atoms with van der Waals surface area (Å²) in [5.41, 5.74) is 8.14. The molecule has 2 unspecified atom stereocenters. The number of carbonyl (C=O) groups is 2. The minimum Gasteiger partial charge on any atom is -0.493 e. The molecule has 44 heavy (non-hydrogen) atoms. The van der Waals surface area contributed by atoms with Crippen molar-refractivity contribution in [2.24, 2.45) is 9.98 Å². The normalized spacial score (nSPS) is 20.8. The molecule has 0 N–H and O–H groups in total. The predicted octanol–water partition coefficient (Wildman–Crippen LogP) is 6.01. The quantitative estimate of drug-likeness (QED) is 0.255. The van der Waals surface area contributed by atoms with E-state index >= 15 is 0 Å². The number of anilines is 2. The smallest absolute Gasteiger partial charge is 0.261 e. The van der Waals surface area contributed by atoms with E-state index < -0.39 is 0 Å². The van der Waals surface area contributed by atoms with Crippen LogP contribution in [0.5, 0.6) is 11.5 Å². The maximum atomic E-state index is 14.1. The van der Waals surface area contributed by atoms with Crippen molar-refractivity contribution in [1.29, 1.82) is 0 Å². The van der Waals surface area contributed by atoms with E-state index in [0.717, 1.165) is 46.5 Å². The largest absolute Gasteiger partial charge is 0.493 e. The maximum Gasteiger partial charge on any atom is 0.261 e. The van der Waals surface area contributed by atoms with Crippen LogP contribution in [0.1, 0.15) is 49.4 Å². The van der Waals surface area contributed by atoms with E-state index in [0.29, 0.717) is 60.1 Å². The Morgan fingerprint density at radius 1 is 0.614 bits per heavy atom. The number of carbonyl (C=O) groups excluding carboxylic acids is 2. The molecule has 0 aliphatic carbocycles. The summed E-state index contributed by atoms with van der Waals surface area (Å²) in [5, 5.41) is 0. The molecule has 0 fully saturated rings. The zero-order valence-electron chi connectivity index (χ0n) is 23.9. The van der Waals surface area contributed by atoms with Gasteiger partial charge in [-0.25, -0.2) is 0 Å². The summed E-state index contributed by atoms with van der Waals surface area (Å²) in [6.07, 6.45) is 6.33. The highest BCUT2D eigenvalue weighted by molar-refractivity contribution is 6.15. The minimum atomic E-state index is -0.127. The van der Waals surface area contributed by atoms with Gasteiger partial charge in [0, 0.05) is 61.6 Å². The van der Waals surface area contributed by atoms with Gasteiger partial charge in [-0.3, -0.25) is 29.4 Å². The Morgan fingerprint density at radius 2 is 1.09 bits per heavy atom. The van der Waals surface area contributed by atoms with Gasteiger partial charge in [-0.1, -0.05) is 36.4 Å². The van der Waals surface area contributed by atoms with Crippen LogP contribution >= 0.6 is 0 Å². The minimum absolute atomic E-state index is 0.0750. The number of nitrogens with zero attached hydrogens (tertiary/aromatic N) is 4. The van der Waals surface area contributed by atoms with Crippen LogP contribution in [0.3, 0.4) is 0 Å². The molecule has 0 aromatic heterocycles. The number of hydrogen-bond acceptors (Lipinski definition) is 6. The highest BCUT2D eigenvalue weighted by Crippen LogP contribution is 2.42. The molecule has 0 saturated heterocycles. The molecular formula is C36H28N4O4. The Bertz CT molecular complexity index is 1820. The van der Waals surface area contributed by atoms with Crippen LogP contribution in [0.25, 0.3) is 0 Å². The first kappa shape index (κ1) is 25.3. The first-order chi connectivity index (χ1) is 21.6. The van der Waals surface area contributed by atoms with E-state index in [-0.39, 0.29) is 23.9 Å². The van der Waals surface area contributed by atoms with Gasteiger partial charge in [-0.15, -0.1) is 0 Å². The third-order valence-electron chi connectivity index (χ3n) is 9.24. The van der Waals surface area contributed by atoms with Crippen LogP contribution in [0.15, 0.2) is 82.8 Å². The van der Waals surface area contributed by atoms with Crippen molar-refractivity contribution in [2.75, 3.05) is 23.0 Å². The van der Waals surface area contributed by atoms with Crippen molar-refractivity contribution < 1.29 is 19.1 Å². The third kappa shape index (κ3) is 3.83. The summed E-state index contributed by atoms with van der Waals surface area (Å²) < 4.78 is 12.5. The summed E-state index contributed by atoms with van der Waals surface area (Å²) in [5.74, 6) is 1.23. The molecule has 4 aromatic rings. The number of hydrogen-bond donors (Lipinski definition) is 0. The SMILES string of the molecule is O=C1c2cc3c(cc2N=CC2Cc4ccccc4N12)OCCCOc1cc2c(cc1C3)C(=O)N1c3ccccc3CC1C=N2. The first-order valence-corrected chi connectivity index (χ1v) is 15.1. The van der Waals surface area contributed by atoms with E-state index in [1.807, 2.05) is 82.9 Å². The lowest BCUT2D eigenvalue weighted by Crippen LogP contribution is -2.37. The van der Waals surface area contributed by atoms with Crippen LogP contribution in [-0.4, -0.2) is 49.5 Å². The van der Waals surface area contributed by atoms with Gasteiger partial charge in [0.1, 0.15) is 11.5 Å². The van der Waals surface area contributed by atoms with Crippen LogP contribution in [0.4, 0.5) is 22.7 Å². The predicted molar refractivity (Wildman–Crippen MR) is 169 cm³/mol. The van der Waals surface area contributed by atoms with Crippen molar-refractivity contribution in [3.8, 4) is 11.5 Å². The summed E-state index contributed by atoms with van der Waals surface area (Å²) in [7, 11) is 0. The Balaban J connectivity index is 1.14. The molecule has 5 aliphatic rings. The van der Waals surface area contributed by atoms with E-state index in [1.54, 1.807) is 0 Å². The molecule has 2 atom stereocenters. The number of aliphatic imine (C=N–C) groups is 2. The zero-order valence-corrected chi connectivity index (χ0v) is 23.9. The molecule has 5 aliphatic heterocycles. The Hall–Kier alpha value is -5.24. The number of fused-ring (bicyclic) bond motifs is 10. The van der Waals surface area contributed by atoms with Crippen molar-refractivity contribution in [3.05, 3.63) is 106 Å². The molecule has 0 spiro atoms. The lowest BCUT2D eigenvalue weighted by Gasteiger charge is -2.23. The Morgan fingerprint density at radius 3 is 1.59 bits per heavy atom. The number of rotatable bonds is 0. The monoisotopic (exact) mass is 580 g/mol. The van der Waals surface area contributed by atoms with E-state index in [2.05, 4.69) is 12.1 Å². The van der Waals surface area contributed by atoms with Gasteiger partial charge in [0.05, 0.1) is 47.8 Å². The second-order valence-electron chi connectivity index (χ2n) is 11.9. The molecule has 0 bridgehead atoms. The molecule has 4 aromatic carbocycles. The molecule has 8 heteroatoms. The topological polar surface area (TPSA) is 83.8 Å². The molecule has 9 rings (SSSR count). The molecule has 216 valence electrons. The fraction of sp³-hybridized carbons (Fsp3) is 0.222. The molecule has 2 amide bonds. The second-order valence-corrected chi connectivity index (χ2v) is 11.9. The maximum absolute atomic E-state index is 14.1. The average Bonchev–Trinajstić information content (AvgIpc) is 3.53. The van der Waals surface area contributed by atoms with E-state index in [9.17, 15) is 9.59 Å². The van der Waals surface area contributed by atoms with Gasteiger partial charge >= 0.3 is 0 Å². The van der Waals surface area contributed by atoms with Crippen molar-refractivity contribution >= 4 is 47.0 Å². The zero-order chi connectivity index (χ0) is 29.4. The molecule has 0 radical (unpaired) electrons. The van der Waals surface area contributed by atoms with Gasteiger partial charge in [-0.2, -0.15) is 0 Å². The van der Waals surface area contributed by atoms with Crippen molar-refractivity contribution in [2.45, 2.75) is 37.8 Å². The second kappa shape index (κ2) is 9.64. The number of para-hydroxylation sites is 2. The number of ether oxygens (including phenoxy) is 2. The lowest BCUT2D eigenvalue weighted by molar-refractivity contribution is 0.0979. The third-order valence-corrected chi connectivity index (χ3v) is 9.24. The Kier molecular flexibility index (Phi) is 5.54. The van der Waals surface area contributed by atoms with Crippen molar-refractivity contribution in [3.63, 3.8) is 0 Å². The number of amides is 2. The molecule has 0 saturated carbocycles. The van der Waals surface area contributed by atoms with Crippen LogP contribution < -0.4 is 19.3 Å². The van der Waals surface area contributed by atoms with Gasteiger partial charge in [0.15, 0.2) is 0 Å². The van der Waals surface area contributed by atoms with Crippen LogP contribution in [-0.2, 0) is 19.3 Å². The first-order valence-electron chi connectivity index (χ1n) is 15.1. The van der Waals surface area contributed by atoms with Crippen LogP contribution in [0, 0.1) is 0 Å². The average molecular weight is 581 g/mol. The highest BCUT2D eigenvalue weighted by atomic mass is 16.5. The van der Waals surface area contributed by atoms with Crippen LogP contribution in [0.2, 0.25) is 0 Å². The summed E-state index contributed by atoms with van der Waals surface area (Å²) >= 11 is 0. The summed E-state index contributed by atoms with van der Waals surface area (Å²) in [6, 6.07) is 23.4. The fourth-order valence-corrected chi connectivity index (χ4v) is 7.14. The van der Waals surface area contributed by atoms with Gasteiger partial charge < -0.3 is 9.47 Å². The highest BCUT2D eigenvalue weighted by Gasteiger charge is 2.38. The summed E-state index contributed by atoms with van der Waals surface area (Å²) in [6.45, 7) is 0.942. The molecule has 8 nitrogen and oxygen atoms in total. The molecular weight excluding hydrogens is 552 g/mol. The van der Waals surface area contributed by atoms with Crippen molar-refractivity contribution in [1.82, 2.24) is 0 Å². The molecule has 5 heterocycles. The van der Waals surface area contributed by atoms with E-state index in [1.165, 1.54) is 0 Å². The lowest BCUT2D eigenvalue weighted by atomic mass is 9.96. The van der Waals surface area contributed by atoms with Gasteiger partial charge in [-0.05, 0) is 46.5 Å². The Labute approximate surface area is 254 Å². The standard InChI is InChI=1S/C36H28N4O4/c41-35-27-15-23-12-24-16-28-30(38-20-26-14-22-7-2-4-9-32(22)40(26)36(28)42)18-34(24)44-11-5-10-43-33(23)17-29(27)37-19-25-13-21-6-1-3-8-31(21)39(25)35/h1-4,6-9,15-20,25-26H,5,10-14H2. The van der Waals surface area contributed by atoms with E-state index in [4.69, 9.17) is 19.5 Å². The van der Waals surface area contributed by atoms with Gasteiger partial charge in [0.2, 0.25) is 0 Å². The summed E-state index contributed by atoms with van der Waals surface area (Å²) in [4.78, 5) is 41.4. The fourth-order valence-electron chi connectivity index (χ4n) is 7.14.